The molecule has 1 aliphatic rings. The summed E-state index contributed by atoms with van der Waals surface area (Å²) < 4.78 is 5.23. The van der Waals surface area contributed by atoms with Crippen LogP contribution in [-0.4, -0.2) is 23.2 Å². The van der Waals surface area contributed by atoms with E-state index in [1.807, 2.05) is 6.07 Å². The maximum absolute atomic E-state index is 11.8. The number of carboxylic acid groups (broad SMARTS) is 1. The summed E-state index contributed by atoms with van der Waals surface area (Å²) in [5, 5.41) is 10.4. The molecule has 1 heterocycles. The van der Waals surface area contributed by atoms with Crippen LogP contribution in [0.4, 0.5) is 0 Å². The molecular weight excluding hydrogens is 266 g/mol. The van der Waals surface area contributed by atoms with Gasteiger partial charge in [-0.2, -0.15) is 0 Å². The molecule has 1 aliphatic carbocycles. The third-order valence-electron chi connectivity index (χ3n) is 4.38. The third-order valence-corrected chi connectivity index (χ3v) is 4.38. The van der Waals surface area contributed by atoms with Crippen molar-refractivity contribution in [2.75, 3.05) is 7.11 Å². The Kier molecular flexibility index (Phi) is 3.12. The number of carbonyl (C=O) groups is 1. The van der Waals surface area contributed by atoms with Crippen molar-refractivity contribution in [3.63, 3.8) is 0 Å². The SMILES string of the molecule is COc1ccc2c(C(=O)O)c3c(nc2c1)C(C)(C)CCC3. The number of aromatic carboxylic acids is 1. The molecule has 0 fully saturated rings. The van der Waals surface area contributed by atoms with Crippen molar-refractivity contribution in [1.82, 2.24) is 4.98 Å². The lowest BCUT2D eigenvalue weighted by atomic mass is 9.74. The Labute approximate surface area is 123 Å². The fourth-order valence-electron chi connectivity index (χ4n) is 3.28. The van der Waals surface area contributed by atoms with Crippen LogP contribution in [0.3, 0.4) is 0 Å². The molecule has 0 atom stereocenters. The van der Waals surface area contributed by atoms with Crippen molar-refractivity contribution in [3.05, 3.63) is 35.0 Å². The van der Waals surface area contributed by atoms with Crippen LogP contribution in [0.25, 0.3) is 10.9 Å². The van der Waals surface area contributed by atoms with E-state index < -0.39 is 5.97 Å². The van der Waals surface area contributed by atoms with Gasteiger partial charge in [-0.3, -0.25) is 4.98 Å². The molecule has 0 spiro atoms. The minimum atomic E-state index is -0.874. The fraction of sp³-hybridized carbons (Fsp3) is 0.412. The van der Waals surface area contributed by atoms with Gasteiger partial charge in [0.2, 0.25) is 0 Å². The van der Waals surface area contributed by atoms with Crippen molar-refractivity contribution in [3.8, 4) is 5.75 Å². The van der Waals surface area contributed by atoms with Crippen LogP contribution in [0.2, 0.25) is 0 Å². The van der Waals surface area contributed by atoms with Crippen LogP contribution in [0.1, 0.15) is 48.3 Å². The van der Waals surface area contributed by atoms with Gasteiger partial charge >= 0.3 is 5.97 Å². The van der Waals surface area contributed by atoms with Crippen LogP contribution in [0, 0.1) is 0 Å². The van der Waals surface area contributed by atoms with Gasteiger partial charge in [0, 0.05) is 16.9 Å². The van der Waals surface area contributed by atoms with E-state index in [0.717, 1.165) is 30.5 Å². The van der Waals surface area contributed by atoms with Crippen LogP contribution < -0.4 is 4.74 Å². The molecule has 2 aromatic rings. The van der Waals surface area contributed by atoms with E-state index >= 15 is 0 Å². The summed E-state index contributed by atoms with van der Waals surface area (Å²) in [6, 6.07) is 5.40. The molecule has 0 aliphatic heterocycles. The maximum atomic E-state index is 11.8. The summed E-state index contributed by atoms with van der Waals surface area (Å²) in [6.07, 6.45) is 2.82. The first-order valence-corrected chi connectivity index (χ1v) is 7.18. The molecule has 0 saturated heterocycles. The zero-order chi connectivity index (χ0) is 15.2. The molecule has 0 amide bonds. The smallest absolute Gasteiger partial charge is 0.336 e. The summed E-state index contributed by atoms with van der Waals surface area (Å²) in [6.45, 7) is 4.27. The lowest BCUT2D eigenvalue weighted by molar-refractivity contribution is 0.0697. The van der Waals surface area contributed by atoms with E-state index in [4.69, 9.17) is 9.72 Å². The van der Waals surface area contributed by atoms with Crippen molar-refractivity contribution in [2.45, 2.75) is 38.5 Å². The molecule has 1 N–H and O–H groups in total. The number of rotatable bonds is 2. The van der Waals surface area contributed by atoms with Gasteiger partial charge in [-0.15, -0.1) is 0 Å². The molecule has 21 heavy (non-hydrogen) atoms. The van der Waals surface area contributed by atoms with Crippen LogP contribution in [0.15, 0.2) is 18.2 Å². The van der Waals surface area contributed by atoms with E-state index in [1.165, 1.54) is 0 Å². The van der Waals surface area contributed by atoms with Gasteiger partial charge in [0.1, 0.15) is 5.75 Å². The zero-order valence-electron chi connectivity index (χ0n) is 12.6. The van der Waals surface area contributed by atoms with Crippen molar-refractivity contribution < 1.29 is 14.6 Å². The highest BCUT2D eigenvalue weighted by atomic mass is 16.5. The normalized spacial score (nSPS) is 16.5. The molecule has 3 rings (SSSR count). The Bertz CT molecular complexity index is 734. The number of ether oxygens (including phenoxy) is 1. The standard InChI is InChI=1S/C17H19NO3/c1-17(2)8-4-5-12-14(16(19)20)11-7-6-10(21-3)9-13(11)18-15(12)17/h6-7,9H,4-5,8H2,1-3H3,(H,19,20). The van der Waals surface area contributed by atoms with E-state index in [2.05, 4.69) is 13.8 Å². The maximum Gasteiger partial charge on any atom is 0.336 e. The number of methoxy groups -OCH3 is 1. The molecule has 0 bridgehead atoms. The summed E-state index contributed by atoms with van der Waals surface area (Å²) in [5.41, 5.74) is 2.84. The van der Waals surface area contributed by atoms with Gasteiger partial charge in [-0.05, 0) is 37.0 Å². The second-order valence-corrected chi connectivity index (χ2v) is 6.24. The highest BCUT2D eigenvalue weighted by Crippen LogP contribution is 2.39. The van der Waals surface area contributed by atoms with E-state index in [-0.39, 0.29) is 5.41 Å². The minimum Gasteiger partial charge on any atom is -0.497 e. The minimum absolute atomic E-state index is 0.0882. The number of pyridine rings is 1. The van der Waals surface area contributed by atoms with Gasteiger partial charge in [0.25, 0.3) is 0 Å². The van der Waals surface area contributed by atoms with E-state index in [9.17, 15) is 9.90 Å². The molecule has 4 heteroatoms. The molecule has 4 nitrogen and oxygen atoms in total. The van der Waals surface area contributed by atoms with Crippen LogP contribution >= 0.6 is 0 Å². The molecular formula is C17H19NO3. The Hall–Kier alpha value is -2.10. The second kappa shape index (κ2) is 4.72. The summed E-state index contributed by atoms with van der Waals surface area (Å²) in [7, 11) is 1.60. The summed E-state index contributed by atoms with van der Waals surface area (Å²) in [4.78, 5) is 16.6. The van der Waals surface area contributed by atoms with E-state index in [1.54, 1.807) is 19.2 Å². The van der Waals surface area contributed by atoms with Gasteiger partial charge < -0.3 is 9.84 Å². The highest BCUT2D eigenvalue weighted by molar-refractivity contribution is 6.04. The number of hydrogen-bond acceptors (Lipinski definition) is 3. The highest BCUT2D eigenvalue weighted by Gasteiger charge is 2.33. The number of aromatic nitrogens is 1. The Balaban J connectivity index is 2.40. The second-order valence-electron chi connectivity index (χ2n) is 6.24. The van der Waals surface area contributed by atoms with Gasteiger partial charge in [0.05, 0.1) is 23.9 Å². The molecule has 0 unspecified atom stereocenters. The topological polar surface area (TPSA) is 59.4 Å². The van der Waals surface area contributed by atoms with Crippen molar-refractivity contribution >= 4 is 16.9 Å². The largest absolute Gasteiger partial charge is 0.497 e. The third kappa shape index (κ3) is 2.15. The zero-order valence-corrected chi connectivity index (χ0v) is 12.6. The van der Waals surface area contributed by atoms with E-state index in [0.29, 0.717) is 22.2 Å². The lowest BCUT2D eigenvalue weighted by Gasteiger charge is -2.32. The summed E-state index contributed by atoms with van der Waals surface area (Å²) in [5.74, 6) is -0.179. The summed E-state index contributed by atoms with van der Waals surface area (Å²) >= 11 is 0. The van der Waals surface area contributed by atoms with Crippen LogP contribution in [-0.2, 0) is 11.8 Å². The van der Waals surface area contributed by atoms with Gasteiger partial charge in [-0.25, -0.2) is 4.79 Å². The number of carboxylic acids is 1. The Morgan fingerprint density at radius 1 is 1.38 bits per heavy atom. The molecule has 110 valence electrons. The Morgan fingerprint density at radius 3 is 2.81 bits per heavy atom. The molecule has 1 aromatic heterocycles. The average Bonchev–Trinajstić information content (AvgIpc) is 2.44. The first-order chi connectivity index (χ1) is 9.94. The fourth-order valence-corrected chi connectivity index (χ4v) is 3.28. The van der Waals surface area contributed by atoms with Gasteiger partial charge in [-0.1, -0.05) is 13.8 Å². The van der Waals surface area contributed by atoms with Gasteiger partial charge in [0.15, 0.2) is 0 Å². The predicted octanol–water partition coefficient (Wildman–Crippen LogP) is 3.56. The average molecular weight is 285 g/mol. The van der Waals surface area contributed by atoms with Crippen LogP contribution in [0.5, 0.6) is 5.75 Å². The number of fused-ring (bicyclic) bond motifs is 2. The van der Waals surface area contributed by atoms with Crippen molar-refractivity contribution in [1.29, 1.82) is 0 Å². The Morgan fingerprint density at radius 2 is 2.14 bits per heavy atom. The predicted molar refractivity (Wildman–Crippen MR) is 81.2 cm³/mol. The van der Waals surface area contributed by atoms with Crippen molar-refractivity contribution in [2.24, 2.45) is 0 Å². The monoisotopic (exact) mass is 285 g/mol. The molecule has 0 radical (unpaired) electrons. The molecule has 1 aromatic carbocycles. The number of benzene rings is 1. The first kappa shape index (κ1) is 13.9. The lowest BCUT2D eigenvalue weighted by Crippen LogP contribution is -2.27. The number of nitrogens with zero attached hydrogens (tertiary/aromatic N) is 1. The number of hydrogen-bond donors (Lipinski definition) is 1. The quantitative estimate of drug-likeness (QED) is 0.916. The molecule has 0 saturated carbocycles. The first-order valence-electron chi connectivity index (χ1n) is 7.18.